The smallest absolute Gasteiger partial charge is 0.453 e. The molecule has 0 aliphatic carbocycles. The normalized spacial score (nSPS) is 23.4. The standard InChI is InChI=1S/C45H55N7O10.2C23H28BrN3O5.C12H24B2O4.2CH4/c1-26(2)37(49-42(55)57-5)40(53)51-24-44(59-15-16-60-44)20-35(51)33-19-32(22-46-33)30-9-7-28(8-10-30)29-11-13-31(14-12-29)34-23-47-39(48-34)36-21-45(61-17-18-62-45)25-52(36)41(54)38(27(3)4)50-43(56)58-6;2*1-14(2)20(26-22(29)30-3)21(28)27-13-23(31-8-9-32-23)11-19(27)18-10-16(12-25-18)15-4-6-17(24)7-5-15;1-9(2)10(3,4)16-13(15-9)14-17-11(5,6)12(7,8)18-14;;/h7-14,22-23,26-27,35-38H,15-21,24-25H2,1-6H3,(H,47,48)(H,49,55)(H,50,56);2*4-7,12,14,19-20H,8-11,13H2,1-3H3,(H,26,29);1-8H3;2*1H4/t35-,36-,37-,38-;2*19-,20-;;;/m000.../s1. The average molecular weight is 2150 g/mol. The fourth-order valence-electron chi connectivity index (χ4n) is 19.9. The van der Waals surface area contributed by atoms with Crippen LogP contribution in [0.1, 0.15) is 199 Å². The highest BCUT2D eigenvalue weighted by atomic mass is 79.9. The van der Waals surface area contributed by atoms with Crippen LogP contribution in [0.2, 0.25) is 0 Å². The topological polar surface area (TPSA) is 411 Å². The number of likely N-dealkylation sites (tertiary alicyclic amines) is 4. The van der Waals surface area contributed by atoms with Crippen LogP contribution < -0.4 is 21.3 Å². The Bertz CT molecular complexity index is 5470. The minimum atomic E-state index is -0.940. The van der Waals surface area contributed by atoms with E-state index < -0.39 is 91.7 Å². The van der Waals surface area contributed by atoms with Gasteiger partial charge < -0.3 is 121 Å². The number of methoxy groups -OCH3 is 4. The van der Waals surface area contributed by atoms with Gasteiger partial charge >= 0.3 is 38.4 Å². The van der Waals surface area contributed by atoms with Crippen molar-refractivity contribution < 1.29 is 114 Å². The van der Waals surface area contributed by atoms with E-state index >= 15 is 0 Å². The first-order chi connectivity index (χ1) is 68.3. The highest BCUT2D eigenvalue weighted by Crippen LogP contribution is 2.48. The van der Waals surface area contributed by atoms with E-state index in [4.69, 9.17) is 95.4 Å². The molecule has 8 atom stereocenters. The molecule has 37 nitrogen and oxygen atoms in total. The Morgan fingerprint density at radius 3 is 0.829 bits per heavy atom. The number of allylic oxidation sites excluding steroid dienone is 3. The van der Waals surface area contributed by atoms with Gasteiger partial charge in [0, 0.05) is 89.6 Å². The number of alkyl carbamates (subject to hydrolysis) is 4. The third-order valence-electron chi connectivity index (χ3n) is 29.4. The molecule has 0 radical (unpaired) electrons. The van der Waals surface area contributed by atoms with Gasteiger partial charge in [-0.2, -0.15) is 0 Å². The Kier molecular flexibility index (Phi) is 36.1. The van der Waals surface area contributed by atoms with Crippen molar-refractivity contribution in [2.75, 3.05) is 107 Å². The molecule has 41 heteroatoms. The number of nitrogens with zero attached hydrogens (tertiary/aromatic N) is 8. The van der Waals surface area contributed by atoms with Crippen molar-refractivity contribution in [3.63, 3.8) is 0 Å². The summed E-state index contributed by atoms with van der Waals surface area (Å²) in [6, 6.07) is 28.3. The third kappa shape index (κ3) is 24.9. The highest BCUT2D eigenvalue weighted by Gasteiger charge is 2.65. The Morgan fingerprint density at radius 2 is 0.582 bits per heavy atom. The Morgan fingerprint density at radius 1 is 0.356 bits per heavy atom. The second-order valence-corrected chi connectivity index (χ2v) is 43.4. The van der Waals surface area contributed by atoms with Crippen molar-refractivity contribution in [2.45, 2.75) is 264 Å². The first-order valence-corrected chi connectivity index (χ1v) is 50.9. The van der Waals surface area contributed by atoms with Gasteiger partial charge in [-0.3, -0.25) is 34.2 Å². The van der Waals surface area contributed by atoms with Crippen LogP contribution in [0.4, 0.5) is 19.2 Å². The second-order valence-electron chi connectivity index (χ2n) is 41.6. The molecule has 14 heterocycles. The SMILES string of the molecule is C.C.CC1(C)OB(B2OC(C)(C)C(C)(C)O2)OC1(C)C.COC(=O)N[C@H](C(=O)N1CC2(C[C@H]1C1=NC=C(c3ccc(-c4ccc(-c5cnc([C@@H]6CC7(CN6C(=O)[C@@H](NC(=O)OC)C(C)C)OCCO7)[nH]5)cc4)cc3)C1)OCCO2)C(C)C.COC(=O)N[C@H](C(=O)N1CC2(C[C@H]1C1=NC=C(c3ccc(Br)cc3)C1)OCCO2)C(C)C.COC(=O)N[C@H](C(=O)N1CC2(C[C@H]1C1=NC=C(c3ccc(Br)cc3)C1)OCCO2)C(C)C. The van der Waals surface area contributed by atoms with E-state index in [1.165, 1.54) is 28.4 Å². The van der Waals surface area contributed by atoms with Gasteiger partial charge in [0.25, 0.3) is 0 Å². The maximum Gasteiger partial charge on any atom is 0.488 e. The van der Waals surface area contributed by atoms with E-state index in [9.17, 15) is 38.4 Å². The molecule has 4 spiro atoms. The number of carbonyl (C=O) groups excluding carboxylic acids is 8. The highest BCUT2D eigenvalue weighted by molar-refractivity contribution is 9.10. The number of benzene rings is 4. The minimum absolute atomic E-state index is 0. The van der Waals surface area contributed by atoms with Crippen molar-refractivity contribution in [2.24, 2.45) is 38.6 Å². The number of halogens is 2. The van der Waals surface area contributed by atoms with Crippen LogP contribution in [-0.2, 0) is 94.6 Å². The number of hydrogen-bond donors (Lipinski definition) is 5. The van der Waals surface area contributed by atoms with Crippen LogP contribution in [0.5, 0.6) is 0 Å². The minimum Gasteiger partial charge on any atom is -0.453 e. The molecule has 0 unspecified atom stereocenters. The monoisotopic (exact) mass is 2150 g/mol. The summed E-state index contributed by atoms with van der Waals surface area (Å²) in [5.74, 6) is -4.38. The molecular formula is C105H143B2Br2N13O24. The fourth-order valence-corrected chi connectivity index (χ4v) is 20.5. The van der Waals surface area contributed by atoms with Gasteiger partial charge in [-0.1, -0.05) is 175 Å². The zero-order valence-corrected chi connectivity index (χ0v) is 88.9. The summed E-state index contributed by atoms with van der Waals surface area (Å²) in [6.07, 6.45) is 8.48. The number of ether oxygens (including phenoxy) is 12. The molecule has 1 aromatic heterocycles. The van der Waals surface area contributed by atoms with Crippen LogP contribution in [0, 0.1) is 23.7 Å². The lowest BCUT2D eigenvalue weighted by Crippen LogP contribution is -2.54. The molecule has 13 aliphatic heterocycles. The van der Waals surface area contributed by atoms with Crippen LogP contribution in [0.15, 0.2) is 146 Å². The Balaban J connectivity index is 0.000000179. The lowest BCUT2D eigenvalue weighted by atomic mass is 9.49. The van der Waals surface area contributed by atoms with Crippen molar-refractivity contribution in [1.82, 2.24) is 50.8 Å². The summed E-state index contributed by atoms with van der Waals surface area (Å²) in [6.45, 7) is 36.1. The number of aliphatic imine (C=N–C) groups is 3. The lowest BCUT2D eigenvalue weighted by Gasteiger charge is -2.32. The lowest BCUT2D eigenvalue weighted by molar-refractivity contribution is -0.153. The van der Waals surface area contributed by atoms with E-state index in [1.807, 2.05) is 190 Å². The van der Waals surface area contributed by atoms with Crippen LogP contribution in [0.3, 0.4) is 0 Å². The van der Waals surface area contributed by atoms with Gasteiger partial charge in [0.1, 0.15) is 30.0 Å². The quantitative estimate of drug-likeness (QED) is 0.0317. The summed E-state index contributed by atoms with van der Waals surface area (Å²) in [7, 11) is 4.17. The summed E-state index contributed by atoms with van der Waals surface area (Å²) in [5, 5.41) is 10.8. The summed E-state index contributed by atoms with van der Waals surface area (Å²) >= 11 is 6.93. The van der Waals surface area contributed by atoms with Gasteiger partial charge in [-0.25, -0.2) is 24.2 Å². The van der Waals surface area contributed by atoms with Gasteiger partial charge in [0.15, 0.2) is 23.1 Å². The number of amides is 8. The van der Waals surface area contributed by atoms with Crippen LogP contribution >= 0.6 is 31.9 Å². The fraction of sp³-hybridized carbons (Fsp3) is 0.581. The summed E-state index contributed by atoms with van der Waals surface area (Å²) in [4.78, 5) is 133. The van der Waals surface area contributed by atoms with E-state index in [1.54, 1.807) is 25.8 Å². The average Bonchev–Trinajstić information content (AvgIpc) is 1.60. The second kappa shape index (κ2) is 46.6. The maximum absolute atomic E-state index is 14.0. The molecule has 10 fully saturated rings. The van der Waals surface area contributed by atoms with E-state index in [0.717, 1.165) is 81.9 Å². The first kappa shape index (κ1) is 113. The van der Waals surface area contributed by atoms with Crippen molar-refractivity contribution in [3.8, 4) is 22.4 Å². The molecular weight excluding hydrogens is 2010 g/mol. The molecule has 792 valence electrons. The molecule has 10 saturated heterocycles. The van der Waals surface area contributed by atoms with Crippen LogP contribution in [-0.4, -0.2) is 304 Å². The Labute approximate surface area is 873 Å². The molecule has 8 amide bonds. The van der Waals surface area contributed by atoms with Gasteiger partial charge in [0.05, 0.1) is 166 Å². The summed E-state index contributed by atoms with van der Waals surface area (Å²) < 4.78 is 92.8. The van der Waals surface area contributed by atoms with Crippen molar-refractivity contribution in [3.05, 3.63) is 153 Å². The molecule has 0 saturated carbocycles. The van der Waals surface area contributed by atoms with E-state index in [2.05, 4.69) is 94.5 Å². The van der Waals surface area contributed by atoms with E-state index in [0.29, 0.717) is 117 Å². The zero-order chi connectivity index (χ0) is 104. The molecule has 13 aliphatic rings. The number of aromatic amines is 1. The first-order valence-electron chi connectivity index (χ1n) is 49.3. The molecule has 18 rings (SSSR count). The van der Waals surface area contributed by atoms with Gasteiger partial charge in [0.2, 0.25) is 23.6 Å². The number of carbonyl (C=O) groups is 8. The molecule has 5 aromatic rings. The molecule has 5 N–H and O–H groups in total. The molecule has 0 bridgehead atoms. The maximum atomic E-state index is 14.0. The van der Waals surface area contributed by atoms with Crippen molar-refractivity contribution >= 4 is 128 Å². The van der Waals surface area contributed by atoms with Gasteiger partial charge in [-0.15, -0.1) is 0 Å². The predicted molar refractivity (Wildman–Crippen MR) is 558 cm³/mol. The number of nitrogens with one attached hydrogen (secondary N) is 5. The third-order valence-corrected chi connectivity index (χ3v) is 30.5. The largest absolute Gasteiger partial charge is 0.488 e. The van der Waals surface area contributed by atoms with Gasteiger partial charge in [-0.05, 0) is 153 Å². The van der Waals surface area contributed by atoms with Crippen LogP contribution in [0.25, 0.3) is 39.1 Å². The van der Waals surface area contributed by atoms with E-state index in [-0.39, 0.29) is 116 Å². The molecule has 4 aromatic carbocycles. The number of hydrogen-bond acceptors (Lipinski definition) is 28. The Hall–Kier alpha value is -10.1. The summed E-state index contributed by atoms with van der Waals surface area (Å²) in [5.41, 5.74) is 11.4. The molecule has 146 heavy (non-hydrogen) atoms. The van der Waals surface area contributed by atoms with Crippen molar-refractivity contribution in [1.29, 1.82) is 0 Å². The number of H-pyrrole nitrogens is 1. The number of aromatic nitrogens is 2. The predicted octanol–water partition coefficient (Wildman–Crippen LogP) is 15.3. The number of imidazole rings is 1. The zero-order valence-electron chi connectivity index (χ0n) is 85.7. The number of rotatable bonds is 22.